The molecule has 3 N–H and O–H groups in total. The maximum Gasteiger partial charge on any atom is 0.122 e. The molecular formula is CH8ClNSi. The molecule has 0 atom stereocenters. The predicted molar refractivity (Wildman–Crippen MR) is 25.3 cm³/mol. The van der Waals surface area contributed by atoms with E-state index in [1.54, 1.807) is 0 Å². The van der Waals surface area contributed by atoms with Gasteiger partial charge in [0.15, 0.2) is 0 Å². The summed E-state index contributed by atoms with van der Waals surface area (Å²) in [5.41, 5.74) is 0. The summed E-state index contributed by atoms with van der Waals surface area (Å²) in [4.78, 5) is 0. The van der Waals surface area contributed by atoms with Crippen LogP contribution in [0.15, 0.2) is 0 Å². The van der Waals surface area contributed by atoms with Gasteiger partial charge in [0.25, 0.3) is 0 Å². The van der Waals surface area contributed by atoms with Gasteiger partial charge in [-0.05, 0) is 0 Å². The Hall–Kier alpha value is 0.467. The lowest BCUT2D eigenvalue weighted by atomic mass is 11.9. The molecule has 0 aliphatic rings. The molecule has 0 rings (SSSR count). The second kappa shape index (κ2) is 9.80. The molecule has 0 saturated carbocycles. The average molecular weight is 97.6 g/mol. The Morgan fingerprint density at radius 2 is 1.75 bits per heavy atom. The zero-order valence-corrected chi connectivity index (χ0v) is 4.96. The van der Waals surface area contributed by atoms with E-state index >= 15 is 0 Å². The quantitative estimate of drug-likeness (QED) is 0.347. The summed E-state index contributed by atoms with van der Waals surface area (Å²) in [6.45, 7) is 2.03. The fraction of sp³-hybridized carbons (Fsp3) is 1.00. The van der Waals surface area contributed by atoms with Crippen LogP contribution in [0.3, 0.4) is 0 Å². The van der Waals surface area contributed by atoms with Gasteiger partial charge >= 0.3 is 0 Å². The fourth-order valence-corrected chi connectivity index (χ4v) is 0. The smallest absolute Gasteiger partial charge is 0.122 e. The molecule has 0 aliphatic heterocycles. The van der Waals surface area contributed by atoms with Crippen LogP contribution in [0.2, 0.25) is 6.55 Å². The van der Waals surface area contributed by atoms with Gasteiger partial charge in [0, 0.05) is 0 Å². The molecule has 0 bridgehead atoms. The lowest BCUT2D eigenvalue weighted by Gasteiger charge is -1.42. The highest BCUT2D eigenvalue weighted by Gasteiger charge is 1.42. The monoisotopic (exact) mass is 97.0 g/mol. The minimum Gasteiger partial charge on any atom is -0.344 e. The third kappa shape index (κ3) is 24.4. The van der Waals surface area contributed by atoms with Crippen LogP contribution < -0.4 is 6.15 Å². The van der Waals surface area contributed by atoms with Crippen molar-refractivity contribution in [2.24, 2.45) is 0 Å². The van der Waals surface area contributed by atoms with Gasteiger partial charge < -0.3 is 6.15 Å². The summed E-state index contributed by atoms with van der Waals surface area (Å²) in [6.07, 6.45) is 0. The molecule has 3 heteroatoms. The van der Waals surface area contributed by atoms with Gasteiger partial charge in [0.1, 0.15) is 8.83 Å². The fourth-order valence-electron chi connectivity index (χ4n) is 0. The number of hydrogen-bond acceptors (Lipinski definition) is 1. The van der Waals surface area contributed by atoms with Crippen molar-refractivity contribution in [2.45, 2.75) is 6.55 Å². The van der Waals surface area contributed by atoms with Gasteiger partial charge in [-0.1, -0.05) is 6.55 Å². The van der Waals surface area contributed by atoms with Crippen molar-refractivity contribution in [1.82, 2.24) is 6.15 Å². The third-order valence-corrected chi connectivity index (χ3v) is 0. The predicted octanol–water partition coefficient (Wildman–Crippen LogP) is 0.519. The van der Waals surface area contributed by atoms with E-state index in [2.05, 4.69) is 0 Å². The van der Waals surface area contributed by atoms with Crippen LogP contribution in [0.4, 0.5) is 0 Å². The highest BCUT2D eigenvalue weighted by Crippen LogP contribution is 1.54. The summed E-state index contributed by atoms with van der Waals surface area (Å²) >= 11 is 5.14. The van der Waals surface area contributed by atoms with Crippen molar-refractivity contribution >= 4 is 19.9 Å². The standard InChI is InChI=1S/CH5ClSi.H3N/c1-3-2;/h3H2,1H3;1H3. The van der Waals surface area contributed by atoms with Crippen LogP contribution in [0, 0.1) is 0 Å². The van der Waals surface area contributed by atoms with E-state index in [-0.39, 0.29) is 15.0 Å². The Bertz CT molecular complexity index is 8.00. The van der Waals surface area contributed by atoms with Crippen LogP contribution >= 0.6 is 11.1 Å². The first kappa shape index (κ1) is 8.82. The SMILES string of the molecule is C[SiH2]Cl.N. The van der Waals surface area contributed by atoms with E-state index in [0.717, 1.165) is 0 Å². The van der Waals surface area contributed by atoms with E-state index in [1.165, 1.54) is 0 Å². The molecule has 0 saturated heterocycles. The summed E-state index contributed by atoms with van der Waals surface area (Å²) in [5, 5.41) is 0. The van der Waals surface area contributed by atoms with Gasteiger partial charge in [-0.3, -0.25) is 0 Å². The summed E-state index contributed by atoms with van der Waals surface area (Å²) in [5.74, 6) is 0. The second-order valence-electron chi connectivity index (χ2n) is 0.267. The Morgan fingerprint density at radius 3 is 1.75 bits per heavy atom. The summed E-state index contributed by atoms with van der Waals surface area (Å²) in [7, 11) is -0.111. The molecule has 0 aromatic heterocycles. The molecule has 1 nitrogen and oxygen atoms in total. The van der Waals surface area contributed by atoms with Crippen molar-refractivity contribution in [3.8, 4) is 0 Å². The van der Waals surface area contributed by atoms with Gasteiger partial charge in [-0.25, -0.2) is 0 Å². The first-order valence-corrected chi connectivity index (χ1v) is 4.53. The Labute approximate surface area is 33.5 Å². The van der Waals surface area contributed by atoms with E-state index in [4.69, 9.17) is 11.1 Å². The third-order valence-electron chi connectivity index (χ3n) is 0. The Morgan fingerprint density at radius 1 is 1.75 bits per heavy atom. The van der Waals surface area contributed by atoms with Crippen molar-refractivity contribution in [1.29, 1.82) is 0 Å². The van der Waals surface area contributed by atoms with E-state index in [9.17, 15) is 0 Å². The molecule has 28 valence electrons. The lowest BCUT2D eigenvalue weighted by molar-refractivity contribution is 2.13. The normalized spacial score (nSPS) is 7.50. The maximum absolute atomic E-state index is 5.14. The first-order chi connectivity index (χ1) is 1.41. The van der Waals surface area contributed by atoms with Gasteiger partial charge in [0.2, 0.25) is 0 Å². The van der Waals surface area contributed by atoms with Crippen LogP contribution in [0.5, 0.6) is 0 Å². The minimum absolute atomic E-state index is 0. The number of rotatable bonds is 0. The molecule has 0 unspecified atom stereocenters. The van der Waals surface area contributed by atoms with Crippen LogP contribution in [-0.4, -0.2) is 8.83 Å². The average Bonchev–Trinajstić information content (AvgIpc) is 0.918. The number of hydrogen-bond donors (Lipinski definition) is 1. The molecule has 0 aliphatic carbocycles. The molecule has 0 fully saturated rings. The number of halogens is 1. The van der Waals surface area contributed by atoms with Crippen LogP contribution in [0.25, 0.3) is 0 Å². The van der Waals surface area contributed by atoms with Crippen molar-refractivity contribution in [3.63, 3.8) is 0 Å². The first-order valence-electron chi connectivity index (χ1n) is 0.974. The second-order valence-corrected chi connectivity index (χ2v) is 2.41. The van der Waals surface area contributed by atoms with Crippen LogP contribution in [0.1, 0.15) is 0 Å². The van der Waals surface area contributed by atoms with E-state index < -0.39 is 0 Å². The zero-order chi connectivity index (χ0) is 2.71. The lowest BCUT2D eigenvalue weighted by Crippen LogP contribution is -1.45. The molecule has 4 heavy (non-hydrogen) atoms. The van der Waals surface area contributed by atoms with E-state index in [1.807, 2.05) is 6.55 Å². The van der Waals surface area contributed by atoms with Crippen LogP contribution in [-0.2, 0) is 0 Å². The van der Waals surface area contributed by atoms with E-state index in [0.29, 0.717) is 0 Å². The molecule has 0 amide bonds. The molecule has 0 spiro atoms. The molecule has 0 aromatic carbocycles. The largest absolute Gasteiger partial charge is 0.344 e. The topological polar surface area (TPSA) is 35.0 Å². The maximum atomic E-state index is 5.14. The van der Waals surface area contributed by atoms with Gasteiger partial charge in [-0.2, -0.15) is 11.1 Å². The Kier molecular flexibility index (Phi) is 21.6. The highest BCUT2D eigenvalue weighted by molar-refractivity contribution is 6.92. The minimum atomic E-state index is -0.111. The van der Waals surface area contributed by atoms with Gasteiger partial charge in [0.05, 0.1) is 0 Å². The highest BCUT2D eigenvalue weighted by atomic mass is 35.6. The molecule has 0 heterocycles. The molecular weight excluding hydrogens is 89.6 g/mol. The zero-order valence-electron chi connectivity index (χ0n) is 2.79. The van der Waals surface area contributed by atoms with Gasteiger partial charge in [-0.15, -0.1) is 0 Å². The molecule has 0 aromatic rings. The van der Waals surface area contributed by atoms with Crippen molar-refractivity contribution in [2.75, 3.05) is 0 Å². The Balaban J connectivity index is 0. The summed E-state index contributed by atoms with van der Waals surface area (Å²) < 4.78 is 0. The van der Waals surface area contributed by atoms with Crippen molar-refractivity contribution in [3.05, 3.63) is 0 Å². The molecule has 0 radical (unpaired) electrons. The van der Waals surface area contributed by atoms with Crippen molar-refractivity contribution < 1.29 is 0 Å². The summed E-state index contributed by atoms with van der Waals surface area (Å²) in [6, 6.07) is 0.